The predicted octanol–water partition coefficient (Wildman–Crippen LogP) is 6.81. The van der Waals surface area contributed by atoms with Gasteiger partial charge in [-0.05, 0) is 54.8 Å². The number of nitrogens with zero attached hydrogens (tertiary/aromatic N) is 2. The lowest BCUT2D eigenvalue weighted by molar-refractivity contribution is -0.114. The van der Waals surface area contributed by atoms with E-state index in [1.165, 1.54) is 12.5 Å². The van der Waals surface area contributed by atoms with Gasteiger partial charge in [0.25, 0.3) is 0 Å². The Bertz CT molecular complexity index is 1370. The van der Waals surface area contributed by atoms with Gasteiger partial charge in [-0.2, -0.15) is 0 Å². The van der Waals surface area contributed by atoms with Gasteiger partial charge in [0.05, 0.1) is 23.9 Å². The molecule has 6 rings (SSSR count). The molecule has 0 aliphatic carbocycles. The Morgan fingerprint density at radius 2 is 1.72 bits per heavy atom. The van der Waals surface area contributed by atoms with Gasteiger partial charge in [-0.3, -0.25) is 9.69 Å². The molecular weight excluding hydrogens is 450 g/mol. The Balaban J connectivity index is 1.31. The van der Waals surface area contributed by atoms with Crippen molar-refractivity contribution in [2.45, 2.75) is 32.4 Å². The Labute approximate surface area is 211 Å². The fraction of sp³-hybridized carbons (Fsp3) is 0.233. The zero-order valence-corrected chi connectivity index (χ0v) is 20.3. The van der Waals surface area contributed by atoms with Crippen LogP contribution in [0.4, 0.5) is 17.1 Å². The van der Waals surface area contributed by atoms with Gasteiger partial charge in [0.2, 0.25) is 5.91 Å². The number of rotatable bonds is 5. The van der Waals surface area contributed by atoms with E-state index < -0.39 is 0 Å². The average molecular weight is 480 g/mol. The minimum atomic E-state index is -0.0872. The third-order valence-corrected chi connectivity index (χ3v) is 7.02. The van der Waals surface area contributed by atoms with Gasteiger partial charge >= 0.3 is 0 Å². The Morgan fingerprint density at radius 1 is 0.944 bits per heavy atom. The molecule has 0 spiro atoms. The molecule has 0 radical (unpaired) electrons. The van der Waals surface area contributed by atoms with Crippen molar-refractivity contribution < 1.29 is 13.9 Å². The maximum absolute atomic E-state index is 11.7. The summed E-state index contributed by atoms with van der Waals surface area (Å²) in [7, 11) is 0. The Kier molecular flexibility index (Phi) is 5.95. The first-order valence-corrected chi connectivity index (χ1v) is 12.5. The number of fused-ring (bicyclic) bond motifs is 2. The van der Waals surface area contributed by atoms with Crippen molar-refractivity contribution in [3.63, 3.8) is 0 Å². The van der Waals surface area contributed by atoms with Gasteiger partial charge in [-0.1, -0.05) is 36.4 Å². The van der Waals surface area contributed by atoms with Crippen LogP contribution in [0.3, 0.4) is 0 Å². The van der Waals surface area contributed by atoms with Gasteiger partial charge in [-0.25, -0.2) is 0 Å². The molecule has 0 bridgehead atoms. The van der Waals surface area contributed by atoms with Crippen LogP contribution in [0.2, 0.25) is 0 Å². The lowest BCUT2D eigenvalue weighted by Gasteiger charge is -2.42. The summed E-state index contributed by atoms with van der Waals surface area (Å²) in [5.74, 6) is 1.62. The van der Waals surface area contributed by atoms with Crippen molar-refractivity contribution in [1.29, 1.82) is 0 Å². The lowest BCUT2D eigenvalue weighted by Crippen LogP contribution is -2.43. The van der Waals surface area contributed by atoms with Gasteiger partial charge in [0.15, 0.2) is 11.5 Å². The second kappa shape index (κ2) is 9.55. The number of para-hydroxylation sites is 3. The number of anilines is 3. The molecule has 0 saturated carbocycles. The molecule has 6 heteroatoms. The molecule has 0 unspecified atom stereocenters. The molecule has 182 valence electrons. The second-order valence-corrected chi connectivity index (χ2v) is 9.49. The molecule has 36 heavy (non-hydrogen) atoms. The van der Waals surface area contributed by atoms with E-state index in [0.29, 0.717) is 6.04 Å². The summed E-state index contributed by atoms with van der Waals surface area (Å²) in [6.07, 6.45) is 5.71. The Hall–Kier alpha value is -4.03. The zero-order chi connectivity index (χ0) is 24.5. The van der Waals surface area contributed by atoms with Crippen LogP contribution in [0.5, 0.6) is 11.5 Å². The SMILES string of the molecule is CC(=O)Nc1ccccc1-c1ccc2c(c1)Oc1ccccc1N2C1CCN(Cc2ccoc2)CC1. The summed E-state index contributed by atoms with van der Waals surface area (Å²) in [5.41, 5.74) is 6.20. The van der Waals surface area contributed by atoms with Crippen molar-refractivity contribution in [3.05, 3.63) is 90.9 Å². The molecule has 3 aromatic carbocycles. The molecule has 0 atom stereocenters. The first-order valence-electron chi connectivity index (χ1n) is 12.5. The molecule has 2 aliphatic rings. The number of ether oxygens (including phenoxy) is 1. The maximum atomic E-state index is 11.7. The number of carbonyl (C=O) groups excluding carboxylic acids is 1. The highest BCUT2D eigenvalue weighted by Gasteiger charge is 2.32. The van der Waals surface area contributed by atoms with Crippen LogP contribution in [0.25, 0.3) is 11.1 Å². The minimum Gasteiger partial charge on any atom is -0.472 e. The fourth-order valence-corrected chi connectivity index (χ4v) is 5.36. The number of hydrogen-bond acceptors (Lipinski definition) is 5. The molecular formula is C30H29N3O3. The van der Waals surface area contributed by atoms with E-state index in [2.05, 4.69) is 45.4 Å². The summed E-state index contributed by atoms with van der Waals surface area (Å²) in [5, 5.41) is 2.95. The number of nitrogens with one attached hydrogen (secondary N) is 1. The van der Waals surface area contributed by atoms with E-state index in [9.17, 15) is 4.79 Å². The second-order valence-electron chi connectivity index (χ2n) is 9.49. The fourth-order valence-electron chi connectivity index (χ4n) is 5.36. The summed E-state index contributed by atoms with van der Waals surface area (Å²) < 4.78 is 11.7. The smallest absolute Gasteiger partial charge is 0.221 e. The standard InChI is InChI=1S/C30H29N3O3/c1-21(34)31-26-7-3-2-6-25(26)23-10-11-28-30(18-23)36-29-9-5-4-8-27(29)33(28)24-12-15-32(16-13-24)19-22-14-17-35-20-22/h2-11,14,17-18,20,24H,12-13,15-16,19H2,1H3,(H,31,34). The number of piperidine rings is 1. The summed E-state index contributed by atoms with van der Waals surface area (Å²) in [6, 6.07) is 24.9. The van der Waals surface area contributed by atoms with E-state index in [1.54, 1.807) is 6.26 Å². The summed E-state index contributed by atoms with van der Waals surface area (Å²) >= 11 is 0. The highest BCUT2D eigenvalue weighted by atomic mass is 16.5. The lowest BCUT2D eigenvalue weighted by atomic mass is 9.97. The summed E-state index contributed by atoms with van der Waals surface area (Å²) in [4.78, 5) is 16.7. The predicted molar refractivity (Wildman–Crippen MR) is 142 cm³/mol. The third kappa shape index (κ3) is 4.36. The molecule has 4 aromatic rings. The van der Waals surface area contributed by atoms with Crippen LogP contribution in [-0.4, -0.2) is 29.9 Å². The number of carbonyl (C=O) groups is 1. The molecule has 2 aliphatic heterocycles. The normalized spacial score (nSPS) is 15.6. The molecule has 1 saturated heterocycles. The average Bonchev–Trinajstić information content (AvgIpc) is 3.41. The number of likely N-dealkylation sites (tertiary alicyclic amines) is 1. The van der Waals surface area contributed by atoms with E-state index in [1.807, 2.05) is 48.7 Å². The Morgan fingerprint density at radius 3 is 2.53 bits per heavy atom. The van der Waals surface area contributed by atoms with E-state index in [0.717, 1.165) is 72.2 Å². The highest BCUT2D eigenvalue weighted by Crippen LogP contribution is 2.50. The van der Waals surface area contributed by atoms with E-state index in [-0.39, 0.29) is 5.91 Å². The number of furan rings is 1. The third-order valence-electron chi connectivity index (χ3n) is 7.02. The van der Waals surface area contributed by atoms with Crippen LogP contribution in [0.15, 0.2) is 89.7 Å². The van der Waals surface area contributed by atoms with Crippen molar-refractivity contribution in [2.24, 2.45) is 0 Å². The topological polar surface area (TPSA) is 58.0 Å². The first-order chi connectivity index (χ1) is 17.7. The van der Waals surface area contributed by atoms with Gasteiger partial charge < -0.3 is 19.4 Å². The van der Waals surface area contributed by atoms with Gasteiger partial charge in [0.1, 0.15) is 0 Å². The quantitative estimate of drug-likeness (QED) is 0.341. The molecule has 1 N–H and O–H groups in total. The number of amides is 1. The van der Waals surface area contributed by atoms with Crippen molar-refractivity contribution in [3.8, 4) is 22.6 Å². The molecule has 1 fully saturated rings. The van der Waals surface area contributed by atoms with Gasteiger partial charge in [0, 0.05) is 49.4 Å². The van der Waals surface area contributed by atoms with Crippen molar-refractivity contribution in [2.75, 3.05) is 23.3 Å². The van der Waals surface area contributed by atoms with Crippen LogP contribution < -0.4 is 15.0 Å². The summed E-state index contributed by atoms with van der Waals surface area (Å²) in [6.45, 7) is 4.53. The number of hydrogen-bond donors (Lipinski definition) is 1. The number of benzene rings is 3. The van der Waals surface area contributed by atoms with E-state index >= 15 is 0 Å². The van der Waals surface area contributed by atoms with Gasteiger partial charge in [-0.15, -0.1) is 0 Å². The minimum absolute atomic E-state index is 0.0872. The molecule has 1 aromatic heterocycles. The maximum Gasteiger partial charge on any atom is 0.221 e. The highest BCUT2D eigenvalue weighted by molar-refractivity contribution is 5.94. The molecule has 6 nitrogen and oxygen atoms in total. The molecule has 3 heterocycles. The molecule has 1 amide bonds. The van der Waals surface area contributed by atoms with Crippen molar-refractivity contribution >= 4 is 23.0 Å². The van der Waals surface area contributed by atoms with Crippen molar-refractivity contribution in [1.82, 2.24) is 4.90 Å². The monoisotopic (exact) mass is 479 g/mol. The first kappa shape index (κ1) is 22.4. The zero-order valence-electron chi connectivity index (χ0n) is 20.3. The van der Waals surface area contributed by atoms with Crippen LogP contribution >= 0.6 is 0 Å². The van der Waals surface area contributed by atoms with E-state index in [4.69, 9.17) is 9.15 Å². The largest absolute Gasteiger partial charge is 0.472 e. The van der Waals surface area contributed by atoms with Crippen LogP contribution in [0.1, 0.15) is 25.3 Å². The van der Waals surface area contributed by atoms with Crippen LogP contribution in [0, 0.1) is 0 Å². The van der Waals surface area contributed by atoms with Crippen LogP contribution in [-0.2, 0) is 11.3 Å².